The smallest absolute Gasteiger partial charge is 0.399 e. The van der Waals surface area contributed by atoms with Crippen LogP contribution in [-0.4, -0.2) is 29.1 Å². The van der Waals surface area contributed by atoms with Gasteiger partial charge in [0.05, 0.1) is 11.2 Å². The van der Waals surface area contributed by atoms with E-state index in [4.69, 9.17) is 20.9 Å². The SMILES string of the molecule is CC(=O)Cc1cnc(Cl)c(B2OC(C)(C)C(C)(C)O2)c1. The number of hydrogen-bond acceptors (Lipinski definition) is 4. The molecular formula is C14H19BClNO3. The normalized spacial score (nSPS) is 20.2. The van der Waals surface area contributed by atoms with Gasteiger partial charge in [-0.2, -0.15) is 0 Å². The summed E-state index contributed by atoms with van der Waals surface area (Å²) in [6, 6.07) is 1.83. The van der Waals surface area contributed by atoms with Gasteiger partial charge in [-0.05, 0) is 40.2 Å². The number of aromatic nitrogens is 1. The summed E-state index contributed by atoms with van der Waals surface area (Å²) >= 11 is 6.14. The summed E-state index contributed by atoms with van der Waals surface area (Å²) < 4.78 is 11.9. The number of ketones is 1. The number of Topliss-reactive ketones (excluding diaryl/α,β-unsaturated/α-hetero) is 1. The van der Waals surface area contributed by atoms with E-state index in [-0.39, 0.29) is 5.78 Å². The van der Waals surface area contributed by atoms with Crippen LogP contribution in [0.4, 0.5) is 0 Å². The Labute approximate surface area is 125 Å². The van der Waals surface area contributed by atoms with Crippen LogP contribution >= 0.6 is 11.6 Å². The molecular weight excluding hydrogens is 276 g/mol. The molecule has 0 saturated carbocycles. The molecule has 0 amide bonds. The lowest BCUT2D eigenvalue weighted by Gasteiger charge is -2.32. The van der Waals surface area contributed by atoms with Crippen molar-refractivity contribution in [3.05, 3.63) is 23.0 Å². The van der Waals surface area contributed by atoms with Gasteiger partial charge in [0.2, 0.25) is 0 Å². The molecule has 0 unspecified atom stereocenters. The van der Waals surface area contributed by atoms with Gasteiger partial charge >= 0.3 is 7.12 Å². The molecule has 0 aliphatic carbocycles. The molecule has 1 aromatic rings. The molecule has 1 aliphatic heterocycles. The number of halogens is 1. The van der Waals surface area contributed by atoms with E-state index in [1.54, 1.807) is 13.1 Å². The van der Waals surface area contributed by atoms with Crippen molar-refractivity contribution < 1.29 is 14.1 Å². The zero-order valence-electron chi connectivity index (χ0n) is 12.5. The molecule has 1 saturated heterocycles. The number of hydrogen-bond donors (Lipinski definition) is 0. The molecule has 20 heavy (non-hydrogen) atoms. The number of carbonyl (C=O) groups excluding carboxylic acids is 1. The van der Waals surface area contributed by atoms with E-state index in [0.29, 0.717) is 17.0 Å². The van der Waals surface area contributed by atoms with Gasteiger partial charge in [0.25, 0.3) is 0 Å². The van der Waals surface area contributed by atoms with Crippen LogP contribution in [0.1, 0.15) is 40.2 Å². The third-order valence-electron chi connectivity index (χ3n) is 3.88. The van der Waals surface area contributed by atoms with Crippen molar-refractivity contribution in [1.82, 2.24) is 4.98 Å². The average molecular weight is 296 g/mol. The highest BCUT2D eigenvalue weighted by Crippen LogP contribution is 2.36. The minimum absolute atomic E-state index is 0.0778. The first-order valence-electron chi connectivity index (χ1n) is 6.62. The van der Waals surface area contributed by atoms with Crippen molar-refractivity contribution in [3.63, 3.8) is 0 Å². The van der Waals surface area contributed by atoms with E-state index in [0.717, 1.165) is 5.56 Å². The molecule has 6 heteroatoms. The quantitative estimate of drug-likeness (QED) is 0.633. The van der Waals surface area contributed by atoms with E-state index in [2.05, 4.69) is 4.98 Å². The number of nitrogens with zero attached hydrogens (tertiary/aromatic N) is 1. The Morgan fingerprint density at radius 1 is 1.30 bits per heavy atom. The fraction of sp³-hybridized carbons (Fsp3) is 0.571. The molecule has 4 nitrogen and oxygen atoms in total. The largest absolute Gasteiger partial charge is 0.498 e. The maximum Gasteiger partial charge on any atom is 0.498 e. The molecule has 0 aromatic carbocycles. The second-order valence-corrected chi connectivity index (χ2v) is 6.55. The van der Waals surface area contributed by atoms with Crippen LogP contribution in [0.15, 0.2) is 12.3 Å². The topological polar surface area (TPSA) is 48.4 Å². The van der Waals surface area contributed by atoms with Crippen LogP contribution in [0.3, 0.4) is 0 Å². The number of pyridine rings is 1. The fourth-order valence-corrected chi connectivity index (χ4v) is 2.22. The van der Waals surface area contributed by atoms with Crippen molar-refractivity contribution in [2.75, 3.05) is 0 Å². The van der Waals surface area contributed by atoms with Crippen LogP contribution in [-0.2, 0) is 20.5 Å². The van der Waals surface area contributed by atoms with Crippen LogP contribution in [0.2, 0.25) is 5.15 Å². The van der Waals surface area contributed by atoms with Gasteiger partial charge in [-0.3, -0.25) is 4.79 Å². The summed E-state index contributed by atoms with van der Waals surface area (Å²) in [6.07, 6.45) is 1.94. The van der Waals surface area contributed by atoms with Crippen molar-refractivity contribution in [2.24, 2.45) is 0 Å². The summed E-state index contributed by atoms with van der Waals surface area (Å²) in [4.78, 5) is 15.3. The third kappa shape index (κ3) is 2.90. The molecule has 0 spiro atoms. The van der Waals surface area contributed by atoms with E-state index in [9.17, 15) is 4.79 Å². The van der Waals surface area contributed by atoms with Gasteiger partial charge in [-0.25, -0.2) is 4.98 Å². The Balaban J connectivity index is 2.32. The minimum Gasteiger partial charge on any atom is -0.399 e. The highest BCUT2D eigenvalue weighted by atomic mass is 35.5. The highest BCUT2D eigenvalue weighted by molar-refractivity contribution is 6.65. The van der Waals surface area contributed by atoms with E-state index in [1.807, 2.05) is 33.8 Å². The van der Waals surface area contributed by atoms with Crippen molar-refractivity contribution in [1.29, 1.82) is 0 Å². The first-order valence-corrected chi connectivity index (χ1v) is 6.99. The first-order chi connectivity index (χ1) is 9.12. The Bertz CT molecular complexity index is 529. The van der Waals surface area contributed by atoms with Crippen molar-refractivity contribution in [3.8, 4) is 0 Å². The van der Waals surface area contributed by atoms with E-state index < -0.39 is 18.3 Å². The second-order valence-electron chi connectivity index (χ2n) is 6.19. The van der Waals surface area contributed by atoms with Crippen LogP contribution < -0.4 is 5.46 Å². The standard InChI is InChI=1S/C14H19BClNO3/c1-9(18)6-10-7-11(12(16)17-8-10)15-19-13(2,3)14(4,5)20-15/h7-8H,6H2,1-5H3. The summed E-state index contributed by atoms with van der Waals surface area (Å²) in [5, 5.41) is 0.343. The van der Waals surface area contributed by atoms with Crippen LogP contribution in [0.5, 0.6) is 0 Å². The Morgan fingerprint density at radius 3 is 2.35 bits per heavy atom. The van der Waals surface area contributed by atoms with Gasteiger partial charge in [-0.1, -0.05) is 17.7 Å². The molecule has 1 fully saturated rings. The highest BCUT2D eigenvalue weighted by Gasteiger charge is 2.52. The lowest BCUT2D eigenvalue weighted by Crippen LogP contribution is -2.41. The zero-order valence-corrected chi connectivity index (χ0v) is 13.2. The molecule has 1 aliphatic rings. The summed E-state index contributed by atoms with van der Waals surface area (Å²) in [5.74, 6) is 0.0778. The lowest BCUT2D eigenvalue weighted by atomic mass is 9.79. The number of rotatable bonds is 3. The van der Waals surface area contributed by atoms with E-state index in [1.165, 1.54) is 0 Å². The van der Waals surface area contributed by atoms with Crippen molar-refractivity contribution >= 4 is 30.0 Å². The third-order valence-corrected chi connectivity index (χ3v) is 4.20. The Morgan fingerprint density at radius 2 is 1.85 bits per heavy atom. The summed E-state index contributed by atoms with van der Waals surface area (Å²) in [5.41, 5.74) is 0.616. The Hall–Kier alpha value is -0.905. The van der Waals surface area contributed by atoms with Crippen molar-refractivity contribution in [2.45, 2.75) is 52.2 Å². The van der Waals surface area contributed by atoms with Crippen LogP contribution in [0, 0.1) is 0 Å². The maximum absolute atomic E-state index is 11.2. The number of carbonyl (C=O) groups is 1. The lowest BCUT2D eigenvalue weighted by molar-refractivity contribution is -0.116. The molecule has 108 valence electrons. The van der Waals surface area contributed by atoms with Gasteiger partial charge in [0.1, 0.15) is 10.9 Å². The molecule has 0 bridgehead atoms. The van der Waals surface area contributed by atoms with Gasteiger partial charge < -0.3 is 9.31 Å². The fourth-order valence-electron chi connectivity index (χ4n) is 2.03. The maximum atomic E-state index is 11.2. The average Bonchev–Trinajstić information content (AvgIpc) is 2.50. The molecule has 1 aromatic heterocycles. The summed E-state index contributed by atoms with van der Waals surface area (Å²) in [7, 11) is -0.563. The second kappa shape index (κ2) is 5.13. The van der Waals surface area contributed by atoms with E-state index >= 15 is 0 Å². The molecule has 0 radical (unpaired) electrons. The van der Waals surface area contributed by atoms with Gasteiger partial charge in [0.15, 0.2) is 0 Å². The zero-order chi connectivity index (χ0) is 15.1. The molecule has 2 rings (SSSR count). The Kier molecular flexibility index (Phi) is 3.97. The van der Waals surface area contributed by atoms with Crippen LogP contribution in [0.25, 0.3) is 0 Å². The molecule has 2 heterocycles. The summed E-state index contributed by atoms with van der Waals surface area (Å²) in [6.45, 7) is 9.46. The first kappa shape index (κ1) is 15.5. The van der Waals surface area contributed by atoms with Gasteiger partial charge in [-0.15, -0.1) is 0 Å². The van der Waals surface area contributed by atoms with Gasteiger partial charge in [0, 0.05) is 18.1 Å². The monoisotopic (exact) mass is 295 g/mol. The molecule has 0 atom stereocenters. The predicted molar refractivity (Wildman–Crippen MR) is 79.3 cm³/mol. The minimum atomic E-state index is -0.563. The molecule has 0 N–H and O–H groups in total. The predicted octanol–water partition coefficient (Wildman–Crippen LogP) is 2.17.